The van der Waals surface area contributed by atoms with Crippen molar-refractivity contribution in [2.75, 3.05) is 19.0 Å². The Balaban J connectivity index is 1.64. The van der Waals surface area contributed by atoms with Crippen LogP contribution in [0.4, 0.5) is 10.5 Å². The van der Waals surface area contributed by atoms with Gasteiger partial charge in [0.05, 0.1) is 18.7 Å². The van der Waals surface area contributed by atoms with Gasteiger partial charge in [-0.1, -0.05) is 29.8 Å². The molecule has 3 rings (SSSR count). The van der Waals surface area contributed by atoms with Crippen LogP contribution in [-0.2, 0) is 14.3 Å². The van der Waals surface area contributed by atoms with Crippen LogP contribution in [0.1, 0.15) is 24.1 Å². The number of aryl methyl sites for hydroxylation is 1. The summed E-state index contributed by atoms with van der Waals surface area (Å²) in [5, 5.41) is 8.05. The number of rotatable bonds is 6. The minimum absolute atomic E-state index is 0.149. The first-order chi connectivity index (χ1) is 14.4. The van der Waals surface area contributed by atoms with E-state index in [1.807, 2.05) is 31.2 Å². The van der Waals surface area contributed by atoms with Crippen molar-refractivity contribution in [3.05, 3.63) is 70.9 Å². The van der Waals surface area contributed by atoms with E-state index in [0.29, 0.717) is 28.3 Å². The Bertz CT molecular complexity index is 981. The molecule has 3 amide bonds. The number of anilines is 1. The number of allylic oxidation sites excluding steroid dienone is 1. The number of nitrogens with one attached hydrogen (secondary N) is 3. The fraction of sp³-hybridized carbons (Fsp3) is 0.227. The molecule has 30 heavy (non-hydrogen) atoms. The molecule has 0 spiro atoms. The van der Waals surface area contributed by atoms with Crippen LogP contribution >= 0.6 is 0 Å². The zero-order valence-electron chi connectivity index (χ0n) is 16.9. The standard InChI is InChI=1S/C22H23N3O5/c1-13-4-8-16(9-5-13)24-18(26)12-30-17-10-6-15(7-11-17)20-19(21(27)29-3)14(2)23-22(28)25-20/h4-11,20H,12H2,1-3H3,(H,24,26)(H2,23,25,28)/t20-/m1/s1. The lowest BCUT2D eigenvalue weighted by atomic mass is 9.95. The third-order valence-electron chi connectivity index (χ3n) is 4.59. The summed E-state index contributed by atoms with van der Waals surface area (Å²) in [6.07, 6.45) is 0. The van der Waals surface area contributed by atoms with E-state index < -0.39 is 18.0 Å². The molecule has 156 valence electrons. The summed E-state index contributed by atoms with van der Waals surface area (Å²) in [5.41, 5.74) is 3.24. The van der Waals surface area contributed by atoms with Crippen LogP contribution < -0.4 is 20.7 Å². The Morgan fingerprint density at radius 1 is 1.03 bits per heavy atom. The van der Waals surface area contributed by atoms with Gasteiger partial charge in [0.1, 0.15) is 5.75 Å². The Labute approximate surface area is 174 Å². The molecule has 0 aromatic heterocycles. The highest BCUT2D eigenvalue weighted by molar-refractivity contribution is 5.95. The average molecular weight is 409 g/mol. The monoisotopic (exact) mass is 409 g/mol. The number of benzene rings is 2. The average Bonchev–Trinajstić information content (AvgIpc) is 2.73. The van der Waals surface area contributed by atoms with Crippen molar-refractivity contribution in [1.29, 1.82) is 0 Å². The van der Waals surface area contributed by atoms with E-state index in [1.165, 1.54) is 7.11 Å². The minimum atomic E-state index is -0.648. The molecular formula is C22H23N3O5. The second-order valence-corrected chi connectivity index (χ2v) is 6.83. The van der Waals surface area contributed by atoms with Crippen LogP contribution in [0.3, 0.4) is 0 Å². The number of carbonyl (C=O) groups is 3. The van der Waals surface area contributed by atoms with Crippen LogP contribution in [0.2, 0.25) is 0 Å². The van der Waals surface area contributed by atoms with Crippen LogP contribution in [0, 0.1) is 6.92 Å². The Kier molecular flexibility index (Phi) is 6.36. The third-order valence-corrected chi connectivity index (χ3v) is 4.59. The van der Waals surface area contributed by atoms with E-state index in [-0.39, 0.29) is 12.5 Å². The molecule has 3 N–H and O–H groups in total. The Morgan fingerprint density at radius 2 is 1.70 bits per heavy atom. The first-order valence-electron chi connectivity index (χ1n) is 9.33. The van der Waals surface area contributed by atoms with E-state index >= 15 is 0 Å². The number of methoxy groups -OCH3 is 1. The predicted octanol–water partition coefficient (Wildman–Crippen LogP) is 2.81. The summed E-state index contributed by atoms with van der Waals surface area (Å²) in [4.78, 5) is 36.0. The van der Waals surface area contributed by atoms with Gasteiger partial charge in [0, 0.05) is 11.4 Å². The Morgan fingerprint density at radius 3 is 2.33 bits per heavy atom. The molecule has 0 fully saturated rings. The lowest BCUT2D eigenvalue weighted by Crippen LogP contribution is -2.45. The van der Waals surface area contributed by atoms with Gasteiger partial charge in [-0.3, -0.25) is 4.79 Å². The smallest absolute Gasteiger partial charge is 0.337 e. The van der Waals surface area contributed by atoms with Crippen molar-refractivity contribution in [1.82, 2.24) is 10.6 Å². The van der Waals surface area contributed by atoms with Crippen LogP contribution in [0.25, 0.3) is 0 Å². The number of hydrogen-bond donors (Lipinski definition) is 3. The van der Waals surface area contributed by atoms with E-state index in [2.05, 4.69) is 16.0 Å². The number of urea groups is 1. The van der Waals surface area contributed by atoms with Gasteiger partial charge in [-0.2, -0.15) is 0 Å². The fourth-order valence-electron chi connectivity index (χ4n) is 3.06. The Hall–Kier alpha value is -3.81. The molecule has 0 saturated carbocycles. The lowest BCUT2D eigenvalue weighted by Gasteiger charge is -2.27. The molecule has 1 aliphatic heterocycles. The highest BCUT2D eigenvalue weighted by Gasteiger charge is 2.31. The lowest BCUT2D eigenvalue weighted by molar-refractivity contribution is -0.136. The second kappa shape index (κ2) is 9.13. The van der Waals surface area contributed by atoms with Gasteiger partial charge in [0.25, 0.3) is 5.91 Å². The first-order valence-corrected chi connectivity index (χ1v) is 9.33. The highest BCUT2D eigenvalue weighted by atomic mass is 16.5. The molecule has 0 unspecified atom stereocenters. The van der Waals surface area contributed by atoms with Gasteiger partial charge < -0.3 is 25.4 Å². The fourth-order valence-corrected chi connectivity index (χ4v) is 3.06. The van der Waals surface area contributed by atoms with E-state index in [0.717, 1.165) is 5.56 Å². The van der Waals surface area contributed by atoms with Crippen molar-refractivity contribution in [2.45, 2.75) is 19.9 Å². The van der Waals surface area contributed by atoms with Gasteiger partial charge in [0.15, 0.2) is 6.61 Å². The minimum Gasteiger partial charge on any atom is -0.484 e. The van der Waals surface area contributed by atoms with E-state index in [4.69, 9.17) is 9.47 Å². The van der Waals surface area contributed by atoms with Gasteiger partial charge >= 0.3 is 12.0 Å². The SMILES string of the molecule is COC(=O)C1=C(C)NC(=O)N[C@@H]1c1ccc(OCC(=O)Nc2ccc(C)cc2)cc1. The first kappa shape index (κ1) is 20.9. The molecule has 0 aliphatic carbocycles. The van der Waals surface area contributed by atoms with Gasteiger partial charge in [-0.15, -0.1) is 0 Å². The molecule has 0 radical (unpaired) electrons. The van der Waals surface area contributed by atoms with Crippen LogP contribution in [0.15, 0.2) is 59.8 Å². The predicted molar refractivity (Wildman–Crippen MR) is 111 cm³/mol. The summed E-state index contributed by atoms with van der Waals surface area (Å²) in [6, 6.07) is 13.2. The third kappa shape index (κ3) is 4.96. The normalized spacial score (nSPS) is 15.7. The molecule has 1 atom stereocenters. The highest BCUT2D eigenvalue weighted by Crippen LogP contribution is 2.28. The van der Waals surface area contributed by atoms with Gasteiger partial charge in [-0.05, 0) is 43.7 Å². The van der Waals surface area contributed by atoms with Crippen molar-refractivity contribution in [2.24, 2.45) is 0 Å². The van der Waals surface area contributed by atoms with Gasteiger partial charge in [-0.25, -0.2) is 9.59 Å². The van der Waals surface area contributed by atoms with E-state index in [1.54, 1.807) is 31.2 Å². The maximum Gasteiger partial charge on any atom is 0.337 e. The summed E-state index contributed by atoms with van der Waals surface area (Å²) >= 11 is 0. The van der Waals surface area contributed by atoms with Crippen molar-refractivity contribution in [3.63, 3.8) is 0 Å². The van der Waals surface area contributed by atoms with Gasteiger partial charge in [0.2, 0.25) is 0 Å². The molecule has 1 aliphatic rings. The summed E-state index contributed by atoms with van der Waals surface area (Å²) in [5.74, 6) is -0.323. The summed E-state index contributed by atoms with van der Waals surface area (Å²) < 4.78 is 10.4. The molecule has 0 saturated heterocycles. The molecule has 0 bridgehead atoms. The largest absolute Gasteiger partial charge is 0.484 e. The van der Waals surface area contributed by atoms with Crippen molar-refractivity contribution in [3.8, 4) is 5.75 Å². The zero-order valence-corrected chi connectivity index (χ0v) is 16.9. The number of amides is 3. The topological polar surface area (TPSA) is 106 Å². The second-order valence-electron chi connectivity index (χ2n) is 6.83. The summed E-state index contributed by atoms with van der Waals surface area (Å²) in [6.45, 7) is 3.46. The number of esters is 1. The molecule has 1 heterocycles. The van der Waals surface area contributed by atoms with E-state index in [9.17, 15) is 14.4 Å². The van der Waals surface area contributed by atoms with Crippen molar-refractivity contribution >= 4 is 23.6 Å². The number of ether oxygens (including phenoxy) is 2. The molecular weight excluding hydrogens is 386 g/mol. The van der Waals surface area contributed by atoms with Crippen molar-refractivity contribution < 1.29 is 23.9 Å². The quantitative estimate of drug-likeness (QED) is 0.636. The maximum absolute atomic E-state index is 12.1. The summed E-state index contributed by atoms with van der Waals surface area (Å²) in [7, 11) is 1.29. The molecule has 8 nitrogen and oxygen atoms in total. The molecule has 2 aromatic carbocycles. The van der Waals surface area contributed by atoms with Crippen LogP contribution in [-0.4, -0.2) is 31.6 Å². The van der Waals surface area contributed by atoms with Crippen LogP contribution in [0.5, 0.6) is 5.75 Å². The molecule has 2 aromatic rings. The maximum atomic E-state index is 12.1. The zero-order chi connectivity index (χ0) is 21.7. The molecule has 8 heteroatoms. The number of hydrogen-bond acceptors (Lipinski definition) is 5. The number of carbonyl (C=O) groups excluding carboxylic acids is 3.